The molecule has 5 rings (SSSR count). The fourth-order valence-corrected chi connectivity index (χ4v) is 6.11. The summed E-state index contributed by atoms with van der Waals surface area (Å²) in [6, 6.07) is 7.67. The Hall–Kier alpha value is -2.52. The summed E-state index contributed by atoms with van der Waals surface area (Å²) < 4.78 is 7.50. The van der Waals surface area contributed by atoms with E-state index in [0.29, 0.717) is 11.6 Å². The molecule has 178 valence electrons. The summed E-state index contributed by atoms with van der Waals surface area (Å²) in [6.07, 6.45) is 3.01. The number of aryl methyl sites for hydroxylation is 1. The summed E-state index contributed by atoms with van der Waals surface area (Å²) in [6.45, 7) is 3.85. The number of ether oxygens (including phenoxy) is 1. The Morgan fingerprint density at radius 2 is 2.03 bits per heavy atom. The van der Waals surface area contributed by atoms with Crippen molar-refractivity contribution in [1.29, 1.82) is 0 Å². The van der Waals surface area contributed by atoms with E-state index < -0.39 is 0 Å². The Labute approximate surface area is 206 Å². The zero-order valence-corrected chi connectivity index (χ0v) is 20.4. The number of carbonyl (C=O) groups is 2. The zero-order valence-electron chi connectivity index (χ0n) is 18.8. The number of nitrogens with one attached hydrogen (secondary N) is 1. The van der Waals surface area contributed by atoms with E-state index >= 15 is 0 Å². The molecular formula is C25H26ClN3O4S. The van der Waals surface area contributed by atoms with Gasteiger partial charge in [-0.1, -0.05) is 11.6 Å². The van der Waals surface area contributed by atoms with Gasteiger partial charge in [-0.15, -0.1) is 11.3 Å². The van der Waals surface area contributed by atoms with E-state index in [1.165, 1.54) is 16.2 Å². The van der Waals surface area contributed by atoms with Gasteiger partial charge in [0.05, 0.1) is 23.4 Å². The number of halogens is 1. The molecule has 2 aliphatic rings. The minimum Gasteiger partial charge on any atom is -0.489 e. The standard InChI is InChI=1S/C25H26ClN3O4S/c1-14-8-16(26)9-19(24(14)33-21-5-6-27-11-15(21)13-30)18-4-7-28-20-10-17(34-25(18)20)12-29-22(31)2-3-23(29)32/h4,7-10,15,21,27,30H,2-3,5-6,11-13H2,1H3. The minimum absolute atomic E-state index is 0.0120. The number of nitrogens with zero attached hydrogens (tertiary/aromatic N) is 2. The summed E-state index contributed by atoms with van der Waals surface area (Å²) in [5.41, 5.74) is 3.53. The van der Waals surface area contributed by atoms with Gasteiger partial charge in [0, 0.05) is 52.5 Å². The normalized spacial score (nSPS) is 21.0. The molecular weight excluding hydrogens is 474 g/mol. The van der Waals surface area contributed by atoms with Crippen molar-refractivity contribution in [3.05, 3.63) is 45.9 Å². The second-order valence-corrected chi connectivity index (χ2v) is 10.4. The van der Waals surface area contributed by atoms with Gasteiger partial charge in [-0.3, -0.25) is 19.5 Å². The molecule has 0 aliphatic carbocycles. The number of carbonyl (C=O) groups excluding carboxylic acids is 2. The summed E-state index contributed by atoms with van der Waals surface area (Å²) in [5.74, 6) is 0.509. The van der Waals surface area contributed by atoms with E-state index in [0.717, 1.165) is 50.5 Å². The highest BCUT2D eigenvalue weighted by Gasteiger charge is 2.30. The molecule has 2 saturated heterocycles. The van der Waals surface area contributed by atoms with Crippen molar-refractivity contribution >= 4 is 45.0 Å². The van der Waals surface area contributed by atoms with Crippen molar-refractivity contribution in [3.8, 4) is 16.9 Å². The first-order chi connectivity index (χ1) is 16.4. The second kappa shape index (κ2) is 9.62. The Morgan fingerprint density at radius 3 is 2.79 bits per heavy atom. The van der Waals surface area contributed by atoms with Gasteiger partial charge >= 0.3 is 0 Å². The van der Waals surface area contributed by atoms with E-state index in [1.54, 1.807) is 6.20 Å². The number of fused-ring (bicyclic) bond motifs is 1. The van der Waals surface area contributed by atoms with Crippen LogP contribution in [0.2, 0.25) is 5.02 Å². The van der Waals surface area contributed by atoms with Crippen LogP contribution in [0.5, 0.6) is 5.75 Å². The lowest BCUT2D eigenvalue weighted by Gasteiger charge is -2.32. The number of rotatable bonds is 6. The Morgan fingerprint density at radius 1 is 1.24 bits per heavy atom. The molecule has 2 unspecified atom stereocenters. The quantitative estimate of drug-likeness (QED) is 0.499. The maximum atomic E-state index is 12.1. The van der Waals surface area contributed by atoms with Crippen LogP contribution in [-0.4, -0.2) is 52.6 Å². The first-order valence-electron chi connectivity index (χ1n) is 11.4. The molecule has 7 nitrogen and oxygen atoms in total. The topological polar surface area (TPSA) is 91.8 Å². The van der Waals surface area contributed by atoms with Crippen LogP contribution in [-0.2, 0) is 16.1 Å². The maximum Gasteiger partial charge on any atom is 0.230 e. The van der Waals surface area contributed by atoms with Crippen molar-refractivity contribution in [1.82, 2.24) is 15.2 Å². The molecule has 2 atom stereocenters. The smallest absolute Gasteiger partial charge is 0.230 e. The molecule has 0 bridgehead atoms. The first kappa shape index (κ1) is 23.2. The van der Waals surface area contributed by atoms with E-state index in [9.17, 15) is 14.7 Å². The monoisotopic (exact) mass is 499 g/mol. The summed E-state index contributed by atoms with van der Waals surface area (Å²) in [4.78, 5) is 30.9. The highest BCUT2D eigenvalue weighted by atomic mass is 35.5. The lowest BCUT2D eigenvalue weighted by molar-refractivity contribution is -0.138. The number of aliphatic hydroxyl groups is 1. The van der Waals surface area contributed by atoms with Crippen LogP contribution in [0.15, 0.2) is 30.5 Å². The predicted octanol–water partition coefficient (Wildman–Crippen LogP) is 3.92. The molecule has 9 heteroatoms. The van der Waals surface area contributed by atoms with Crippen molar-refractivity contribution in [3.63, 3.8) is 0 Å². The lowest BCUT2D eigenvalue weighted by atomic mass is 9.96. The molecule has 2 aromatic heterocycles. The van der Waals surface area contributed by atoms with Gasteiger partial charge in [0.15, 0.2) is 0 Å². The SMILES string of the molecule is Cc1cc(Cl)cc(-c2ccnc3cc(CN4C(=O)CCC4=O)sc23)c1OC1CCNCC1CO. The van der Waals surface area contributed by atoms with Crippen LogP contribution in [0, 0.1) is 12.8 Å². The Bertz CT molecular complexity index is 1240. The van der Waals surface area contributed by atoms with Gasteiger partial charge in [0.25, 0.3) is 0 Å². The number of imide groups is 1. The third-order valence-corrected chi connectivity index (χ3v) is 7.86. The molecule has 2 aliphatic heterocycles. The number of pyridine rings is 1. The molecule has 4 heterocycles. The van der Waals surface area contributed by atoms with E-state index in [4.69, 9.17) is 16.3 Å². The highest BCUT2D eigenvalue weighted by Crippen LogP contribution is 2.42. The third kappa shape index (κ3) is 4.43. The Balaban J connectivity index is 1.55. The third-order valence-electron chi connectivity index (χ3n) is 6.50. The van der Waals surface area contributed by atoms with E-state index in [1.807, 2.05) is 31.2 Å². The molecule has 0 radical (unpaired) electrons. The molecule has 0 spiro atoms. The number of aromatic nitrogens is 1. The van der Waals surface area contributed by atoms with Crippen molar-refractivity contribution in [2.45, 2.75) is 38.8 Å². The van der Waals surface area contributed by atoms with Gasteiger partial charge in [-0.25, -0.2) is 0 Å². The average Bonchev–Trinajstić information content (AvgIpc) is 3.38. The van der Waals surface area contributed by atoms with Gasteiger partial charge in [0.2, 0.25) is 11.8 Å². The largest absolute Gasteiger partial charge is 0.489 e. The van der Waals surface area contributed by atoms with Gasteiger partial charge in [-0.05, 0) is 49.7 Å². The van der Waals surface area contributed by atoms with Crippen LogP contribution in [0.1, 0.15) is 29.7 Å². The van der Waals surface area contributed by atoms with Crippen LogP contribution < -0.4 is 10.1 Å². The van der Waals surface area contributed by atoms with Crippen molar-refractivity contribution in [2.24, 2.45) is 5.92 Å². The average molecular weight is 500 g/mol. The fourth-order valence-electron chi connectivity index (χ4n) is 4.71. The number of amides is 2. The maximum absolute atomic E-state index is 12.1. The molecule has 0 saturated carbocycles. The zero-order chi connectivity index (χ0) is 23.8. The number of likely N-dealkylation sites (tertiary alicyclic amines) is 1. The molecule has 2 N–H and O–H groups in total. The fraction of sp³-hybridized carbons (Fsp3) is 0.400. The van der Waals surface area contributed by atoms with E-state index in [-0.39, 0.29) is 49.8 Å². The molecule has 2 fully saturated rings. The highest BCUT2D eigenvalue weighted by molar-refractivity contribution is 7.19. The molecule has 3 aromatic rings. The molecule has 34 heavy (non-hydrogen) atoms. The van der Waals surface area contributed by atoms with Crippen LogP contribution in [0.4, 0.5) is 0 Å². The van der Waals surface area contributed by atoms with Crippen molar-refractivity contribution in [2.75, 3.05) is 19.7 Å². The second-order valence-electron chi connectivity index (χ2n) is 8.85. The summed E-state index contributed by atoms with van der Waals surface area (Å²) in [5, 5.41) is 13.8. The number of aliphatic hydroxyl groups excluding tert-OH is 1. The van der Waals surface area contributed by atoms with Crippen LogP contribution in [0.25, 0.3) is 21.3 Å². The van der Waals surface area contributed by atoms with Crippen molar-refractivity contribution < 1.29 is 19.4 Å². The number of hydrogen-bond donors (Lipinski definition) is 2. The summed E-state index contributed by atoms with van der Waals surface area (Å²) in [7, 11) is 0. The van der Waals surface area contributed by atoms with Gasteiger partial charge in [-0.2, -0.15) is 0 Å². The first-order valence-corrected chi connectivity index (χ1v) is 12.6. The number of piperidine rings is 1. The van der Waals surface area contributed by atoms with Gasteiger partial charge < -0.3 is 15.2 Å². The number of hydrogen-bond acceptors (Lipinski definition) is 7. The molecule has 2 amide bonds. The minimum atomic E-state index is -0.128. The number of benzene rings is 1. The predicted molar refractivity (Wildman–Crippen MR) is 132 cm³/mol. The number of thiophene rings is 1. The summed E-state index contributed by atoms with van der Waals surface area (Å²) >= 11 is 8.00. The molecule has 1 aromatic carbocycles. The van der Waals surface area contributed by atoms with Gasteiger partial charge in [0.1, 0.15) is 11.9 Å². The van der Waals surface area contributed by atoms with Crippen LogP contribution >= 0.6 is 22.9 Å². The van der Waals surface area contributed by atoms with Crippen LogP contribution in [0.3, 0.4) is 0 Å². The lowest BCUT2D eigenvalue weighted by Crippen LogP contribution is -2.44. The Kier molecular flexibility index (Phi) is 6.57. The van der Waals surface area contributed by atoms with E-state index in [2.05, 4.69) is 10.3 Å².